The Morgan fingerprint density at radius 2 is 1.84 bits per heavy atom. The number of aromatic nitrogens is 4. The van der Waals surface area contributed by atoms with E-state index in [0.29, 0.717) is 39.9 Å². The molecule has 2 aromatic carbocycles. The number of pyridine rings is 2. The zero-order valence-electron chi connectivity index (χ0n) is 31.8. The summed E-state index contributed by atoms with van der Waals surface area (Å²) in [5.41, 5.74) is 4.61. The summed E-state index contributed by atoms with van der Waals surface area (Å²) in [5.74, 6) is 0.966. The molecule has 0 bridgehead atoms. The maximum absolute atomic E-state index is 13.4. The van der Waals surface area contributed by atoms with E-state index in [0.717, 1.165) is 71.2 Å². The Morgan fingerprint density at radius 1 is 1.05 bits per heavy atom. The second-order valence-corrected chi connectivity index (χ2v) is 16.8. The Labute approximate surface area is 349 Å². The molecule has 0 radical (unpaired) electrons. The quantitative estimate of drug-likeness (QED) is 0.0432. The molecule has 1 unspecified atom stereocenters. The third kappa shape index (κ3) is 7.59. The number of amides is 3. The molecule has 14 nitrogen and oxygen atoms in total. The molecule has 2 atom stereocenters. The molecule has 3 N–H and O–H groups in total. The van der Waals surface area contributed by atoms with E-state index in [1.54, 1.807) is 30.6 Å². The van der Waals surface area contributed by atoms with Crippen molar-refractivity contribution in [2.24, 2.45) is 5.41 Å². The number of aldehydes is 1. The molecular formula is C41H41Cl2N9O5S. The van der Waals surface area contributed by atoms with Gasteiger partial charge in [-0.15, -0.1) is 0 Å². The van der Waals surface area contributed by atoms with Crippen LogP contribution in [0.5, 0.6) is 5.75 Å². The molecule has 2 fully saturated rings. The monoisotopic (exact) mass is 841 g/mol. The van der Waals surface area contributed by atoms with Gasteiger partial charge in [-0.1, -0.05) is 41.2 Å². The number of aromatic amines is 1. The number of carbonyl (C=O) groups is 4. The van der Waals surface area contributed by atoms with Crippen LogP contribution in [-0.4, -0.2) is 105 Å². The number of likely N-dealkylation sites (N-methyl/N-ethyl adjacent to an activating group) is 1. The van der Waals surface area contributed by atoms with Crippen LogP contribution in [0.2, 0.25) is 10.0 Å². The fourth-order valence-electron chi connectivity index (χ4n) is 7.98. The highest BCUT2D eigenvalue weighted by atomic mass is 35.5. The largest absolute Gasteiger partial charge is 0.486 e. The van der Waals surface area contributed by atoms with Crippen molar-refractivity contribution in [1.29, 1.82) is 0 Å². The molecule has 8 rings (SSSR count). The van der Waals surface area contributed by atoms with Crippen LogP contribution in [0.1, 0.15) is 58.6 Å². The summed E-state index contributed by atoms with van der Waals surface area (Å²) in [5, 5.41) is 15.3. The number of benzene rings is 2. The number of H-pyrrole nitrogens is 1. The lowest BCUT2D eigenvalue weighted by Crippen LogP contribution is -2.70. The van der Waals surface area contributed by atoms with E-state index >= 15 is 0 Å². The van der Waals surface area contributed by atoms with Crippen molar-refractivity contribution in [3.8, 4) is 17.0 Å². The van der Waals surface area contributed by atoms with Crippen molar-refractivity contribution in [2.45, 2.75) is 38.3 Å². The maximum Gasteiger partial charge on any atom is 0.264 e. The predicted molar refractivity (Wildman–Crippen MR) is 225 cm³/mol. The number of carbonyl (C=O) groups excluding carboxylic acids is 4. The molecule has 3 amide bonds. The molecular weight excluding hydrogens is 801 g/mol. The van der Waals surface area contributed by atoms with Crippen molar-refractivity contribution in [3.05, 3.63) is 93.9 Å². The third-order valence-electron chi connectivity index (χ3n) is 10.8. The summed E-state index contributed by atoms with van der Waals surface area (Å²) in [4.78, 5) is 62.3. The van der Waals surface area contributed by atoms with Crippen molar-refractivity contribution >= 4 is 81.6 Å². The molecule has 5 aromatic rings. The SMILES string of the molecule is CNC(=O)C(CCC=O)N1C(=O)c2cccc(NCCCSN3CC4(C3)CN(c3ccc(-c5n[nH]c6ccc(O[C@H](C)c7c(Cl)cncc7Cl)cc56)cn3)C4)c2C1=O. The van der Waals surface area contributed by atoms with Gasteiger partial charge in [0.25, 0.3) is 11.8 Å². The Bertz CT molecular complexity index is 2360. The number of fused-ring (bicyclic) bond motifs is 2. The third-order valence-corrected chi connectivity index (χ3v) is 12.5. The molecule has 17 heteroatoms. The van der Waals surface area contributed by atoms with Gasteiger partial charge in [0.2, 0.25) is 5.91 Å². The number of imide groups is 1. The molecule has 3 aromatic heterocycles. The first-order chi connectivity index (χ1) is 28.1. The van der Waals surface area contributed by atoms with Gasteiger partial charge in [-0.3, -0.25) is 29.4 Å². The summed E-state index contributed by atoms with van der Waals surface area (Å²) in [6, 6.07) is 13.9. The molecule has 0 saturated carbocycles. The van der Waals surface area contributed by atoms with E-state index in [2.05, 4.69) is 41.1 Å². The minimum absolute atomic E-state index is 0.0584. The fourth-order valence-corrected chi connectivity index (χ4v) is 9.92. The predicted octanol–water partition coefficient (Wildman–Crippen LogP) is 6.43. The number of anilines is 2. The summed E-state index contributed by atoms with van der Waals surface area (Å²) in [6.45, 7) is 6.43. The normalized spacial score (nSPS) is 16.8. The van der Waals surface area contributed by atoms with Gasteiger partial charge in [0.15, 0.2) is 0 Å². The van der Waals surface area contributed by atoms with Crippen LogP contribution < -0.4 is 20.3 Å². The Balaban J connectivity index is 0.794. The average Bonchev–Trinajstić information content (AvgIpc) is 3.72. The molecule has 58 heavy (non-hydrogen) atoms. The lowest BCUT2D eigenvalue weighted by atomic mass is 9.74. The van der Waals surface area contributed by atoms with Gasteiger partial charge in [0.05, 0.1) is 26.7 Å². The molecule has 3 aliphatic rings. The smallest absolute Gasteiger partial charge is 0.264 e. The topological polar surface area (TPSA) is 166 Å². The van der Waals surface area contributed by atoms with Crippen LogP contribution >= 0.6 is 35.1 Å². The Kier molecular flexibility index (Phi) is 11.3. The first-order valence-corrected chi connectivity index (χ1v) is 20.7. The van der Waals surface area contributed by atoms with Gasteiger partial charge in [0, 0.05) is 98.2 Å². The van der Waals surface area contributed by atoms with Crippen molar-refractivity contribution in [2.75, 3.05) is 55.7 Å². The Hall–Kier alpha value is -5.22. The minimum atomic E-state index is -1.05. The van der Waals surface area contributed by atoms with E-state index in [-0.39, 0.29) is 29.4 Å². The van der Waals surface area contributed by atoms with Crippen LogP contribution in [0.4, 0.5) is 11.5 Å². The first kappa shape index (κ1) is 39.6. The highest BCUT2D eigenvalue weighted by molar-refractivity contribution is 7.97. The minimum Gasteiger partial charge on any atom is -0.486 e. The molecule has 0 aliphatic carbocycles. The van der Waals surface area contributed by atoms with Crippen LogP contribution in [-0.2, 0) is 9.59 Å². The van der Waals surface area contributed by atoms with Crippen LogP contribution in [0.3, 0.4) is 0 Å². The average molecular weight is 843 g/mol. The summed E-state index contributed by atoms with van der Waals surface area (Å²) >= 11 is 14.5. The van der Waals surface area contributed by atoms with E-state index in [9.17, 15) is 19.2 Å². The highest BCUT2D eigenvalue weighted by Gasteiger charge is 2.52. The summed E-state index contributed by atoms with van der Waals surface area (Å²) in [7, 11) is 1.44. The number of nitrogens with one attached hydrogen (secondary N) is 3. The van der Waals surface area contributed by atoms with Gasteiger partial charge in [-0.25, -0.2) is 9.29 Å². The van der Waals surface area contributed by atoms with Crippen molar-refractivity contribution in [3.63, 3.8) is 0 Å². The highest BCUT2D eigenvalue weighted by Crippen LogP contribution is 2.44. The van der Waals surface area contributed by atoms with E-state index in [4.69, 9.17) is 32.9 Å². The number of rotatable bonds is 16. The van der Waals surface area contributed by atoms with E-state index in [1.165, 1.54) is 7.05 Å². The number of nitrogens with zero attached hydrogens (tertiary/aromatic N) is 6. The second kappa shape index (κ2) is 16.6. The molecule has 3 aliphatic heterocycles. The molecule has 2 saturated heterocycles. The number of hydrogen-bond donors (Lipinski definition) is 3. The summed E-state index contributed by atoms with van der Waals surface area (Å²) < 4.78 is 8.63. The maximum atomic E-state index is 13.4. The standard InChI is InChI=1S/C41H41Cl2N9O5S/c1-24(35-29(42)18-45-19-30(35)43)57-26-10-11-31-28(16-26)37(49-48-31)25-9-12-34(47-17-25)50-20-41(21-50)22-51(23-41)58-15-5-13-46-32-7-3-6-27-36(32)40(56)52(39(27)55)33(8-4-14-53)38(54)44-2/h3,6-7,9-12,14,16-19,24,33,46H,4-5,8,13,15,20-23H2,1-2H3,(H,44,54)(H,48,49)/t24-,33?/m1/s1. The fraction of sp³-hybridized carbons (Fsp3) is 0.341. The van der Waals surface area contributed by atoms with E-state index < -0.39 is 29.9 Å². The molecule has 6 heterocycles. The molecule has 300 valence electrons. The van der Waals surface area contributed by atoms with Gasteiger partial charge >= 0.3 is 0 Å². The summed E-state index contributed by atoms with van der Waals surface area (Å²) in [6.07, 6.45) is 6.24. The van der Waals surface area contributed by atoms with Crippen LogP contribution in [0.15, 0.2) is 67.1 Å². The second-order valence-electron chi connectivity index (χ2n) is 14.8. The number of halogens is 2. The Morgan fingerprint density at radius 3 is 2.57 bits per heavy atom. The molecule has 1 spiro atoms. The number of hydrogen-bond acceptors (Lipinski definition) is 12. The lowest BCUT2D eigenvalue weighted by molar-refractivity contribution is -0.124. The van der Waals surface area contributed by atoms with Gasteiger partial charge in [0.1, 0.15) is 35.7 Å². The van der Waals surface area contributed by atoms with Crippen LogP contribution in [0, 0.1) is 5.41 Å². The van der Waals surface area contributed by atoms with Crippen molar-refractivity contribution < 1.29 is 23.9 Å². The van der Waals surface area contributed by atoms with Gasteiger partial charge in [-0.05, 0) is 62.2 Å². The number of ether oxygens (including phenoxy) is 1. The van der Waals surface area contributed by atoms with E-state index in [1.807, 2.05) is 49.3 Å². The lowest BCUT2D eigenvalue weighted by Gasteiger charge is -2.60. The van der Waals surface area contributed by atoms with Gasteiger partial charge < -0.3 is 25.1 Å². The first-order valence-electron chi connectivity index (χ1n) is 19.0. The van der Waals surface area contributed by atoms with Crippen molar-refractivity contribution in [1.82, 2.24) is 34.7 Å². The van der Waals surface area contributed by atoms with Crippen LogP contribution in [0.25, 0.3) is 22.2 Å². The zero-order chi connectivity index (χ0) is 40.6. The van der Waals surface area contributed by atoms with Gasteiger partial charge in [-0.2, -0.15) is 5.10 Å². The zero-order valence-corrected chi connectivity index (χ0v) is 34.2.